The van der Waals surface area contributed by atoms with Crippen molar-refractivity contribution in [3.05, 3.63) is 29.8 Å². The Hall–Kier alpha value is -2.25. The molecule has 0 unspecified atom stereocenters. The number of carbonyl (C=O) groups excluding carboxylic acids is 1. The number of benzene rings is 1. The van der Waals surface area contributed by atoms with E-state index in [4.69, 9.17) is 5.73 Å². The van der Waals surface area contributed by atoms with Gasteiger partial charge in [-0.15, -0.1) is 13.2 Å². The molecule has 1 rings (SSSR count). The Morgan fingerprint density at radius 2 is 1.89 bits per heavy atom. The van der Waals surface area contributed by atoms with Gasteiger partial charge in [-0.2, -0.15) is 5.10 Å². The van der Waals surface area contributed by atoms with Crippen molar-refractivity contribution in [3.8, 4) is 5.75 Å². The number of primary amides is 1. The molecule has 18 heavy (non-hydrogen) atoms. The number of halogens is 3. The number of hydrazone groups is 1. The van der Waals surface area contributed by atoms with Gasteiger partial charge in [-0.05, 0) is 36.8 Å². The first-order valence-electron chi connectivity index (χ1n) is 4.74. The van der Waals surface area contributed by atoms with Gasteiger partial charge in [0.25, 0.3) is 0 Å². The Morgan fingerprint density at radius 1 is 1.33 bits per heavy atom. The number of carbonyl (C=O) groups is 1. The van der Waals surface area contributed by atoms with Crippen LogP contribution in [0.4, 0.5) is 18.0 Å². The molecule has 0 fully saturated rings. The zero-order chi connectivity index (χ0) is 13.8. The molecule has 0 atom stereocenters. The fourth-order valence-electron chi connectivity index (χ4n) is 1.10. The lowest BCUT2D eigenvalue weighted by atomic mass is 10.1. The molecular formula is C10H10F3N3O2. The van der Waals surface area contributed by atoms with E-state index in [1.54, 1.807) is 6.92 Å². The van der Waals surface area contributed by atoms with Crippen molar-refractivity contribution < 1.29 is 22.7 Å². The molecular weight excluding hydrogens is 251 g/mol. The topological polar surface area (TPSA) is 76.7 Å². The highest BCUT2D eigenvalue weighted by atomic mass is 19.4. The molecule has 1 aromatic carbocycles. The summed E-state index contributed by atoms with van der Waals surface area (Å²) in [6.07, 6.45) is -4.72. The Kier molecular flexibility index (Phi) is 4.13. The lowest BCUT2D eigenvalue weighted by Crippen LogP contribution is -2.25. The summed E-state index contributed by atoms with van der Waals surface area (Å²) in [6, 6.07) is 4.22. The summed E-state index contributed by atoms with van der Waals surface area (Å²) < 4.78 is 39.4. The van der Waals surface area contributed by atoms with Crippen LogP contribution < -0.4 is 15.9 Å². The van der Waals surface area contributed by atoms with Crippen molar-refractivity contribution in [1.82, 2.24) is 5.43 Å². The summed E-state index contributed by atoms with van der Waals surface area (Å²) in [5.41, 5.74) is 7.74. The summed E-state index contributed by atoms with van der Waals surface area (Å²) in [5, 5.41) is 3.63. The van der Waals surface area contributed by atoms with E-state index < -0.39 is 12.4 Å². The molecule has 8 heteroatoms. The van der Waals surface area contributed by atoms with E-state index in [0.717, 1.165) is 12.1 Å². The van der Waals surface area contributed by atoms with Gasteiger partial charge in [0.1, 0.15) is 5.75 Å². The number of amides is 2. The number of hydrogen-bond acceptors (Lipinski definition) is 3. The van der Waals surface area contributed by atoms with Crippen molar-refractivity contribution >= 4 is 11.7 Å². The Bertz CT molecular complexity index is 454. The number of rotatable bonds is 3. The van der Waals surface area contributed by atoms with Gasteiger partial charge in [-0.3, -0.25) is 0 Å². The fraction of sp³-hybridized carbons (Fsp3) is 0.200. The quantitative estimate of drug-likeness (QED) is 0.644. The van der Waals surface area contributed by atoms with Crippen LogP contribution in [0.2, 0.25) is 0 Å². The number of ether oxygens (including phenoxy) is 1. The van der Waals surface area contributed by atoms with Gasteiger partial charge in [0.15, 0.2) is 0 Å². The van der Waals surface area contributed by atoms with Crippen LogP contribution in [0.1, 0.15) is 12.5 Å². The molecule has 0 spiro atoms. The highest BCUT2D eigenvalue weighted by molar-refractivity contribution is 5.99. The van der Waals surface area contributed by atoms with Crippen molar-refractivity contribution in [1.29, 1.82) is 0 Å². The average Bonchev–Trinajstić information content (AvgIpc) is 2.24. The molecule has 1 aromatic rings. The minimum Gasteiger partial charge on any atom is -0.406 e. The van der Waals surface area contributed by atoms with Gasteiger partial charge in [0.05, 0.1) is 5.71 Å². The fourth-order valence-corrected chi connectivity index (χ4v) is 1.10. The SMILES string of the molecule is CC(=NNC(N)=O)c1ccc(OC(F)(F)F)cc1. The maximum atomic E-state index is 11.9. The van der Waals surface area contributed by atoms with Crippen LogP contribution in [0.15, 0.2) is 29.4 Å². The van der Waals surface area contributed by atoms with Gasteiger partial charge in [0, 0.05) is 0 Å². The first-order chi connectivity index (χ1) is 8.28. The van der Waals surface area contributed by atoms with E-state index in [1.807, 2.05) is 5.43 Å². The van der Waals surface area contributed by atoms with Gasteiger partial charge in [-0.1, -0.05) is 0 Å². The lowest BCUT2D eigenvalue weighted by Gasteiger charge is -2.09. The minimum atomic E-state index is -4.72. The summed E-state index contributed by atoms with van der Waals surface area (Å²) in [6.45, 7) is 1.57. The second-order valence-electron chi connectivity index (χ2n) is 3.25. The van der Waals surface area contributed by atoms with E-state index in [1.165, 1.54) is 12.1 Å². The molecule has 0 radical (unpaired) electrons. The third kappa shape index (κ3) is 4.73. The van der Waals surface area contributed by atoms with Crippen LogP contribution >= 0.6 is 0 Å². The molecule has 3 N–H and O–H groups in total. The number of alkyl halides is 3. The van der Waals surface area contributed by atoms with E-state index in [2.05, 4.69) is 9.84 Å². The van der Waals surface area contributed by atoms with E-state index in [-0.39, 0.29) is 5.75 Å². The van der Waals surface area contributed by atoms with E-state index >= 15 is 0 Å². The second-order valence-corrected chi connectivity index (χ2v) is 3.25. The Labute approximate surface area is 100 Å². The van der Waals surface area contributed by atoms with Crippen molar-refractivity contribution in [3.63, 3.8) is 0 Å². The summed E-state index contributed by atoms with van der Waals surface area (Å²) in [7, 11) is 0. The van der Waals surface area contributed by atoms with Crippen LogP contribution in [-0.2, 0) is 0 Å². The highest BCUT2D eigenvalue weighted by Gasteiger charge is 2.30. The molecule has 0 aliphatic carbocycles. The van der Waals surface area contributed by atoms with E-state index in [0.29, 0.717) is 11.3 Å². The van der Waals surface area contributed by atoms with Gasteiger partial charge in [-0.25, -0.2) is 10.2 Å². The maximum Gasteiger partial charge on any atom is 0.573 e. The molecule has 2 amide bonds. The summed E-state index contributed by atoms with van der Waals surface area (Å²) in [4.78, 5) is 10.4. The zero-order valence-electron chi connectivity index (χ0n) is 9.28. The van der Waals surface area contributed by atoms with E-state index in [9.17, 15) is 18.0 Å². The Morgan fingerprint density at radius 3 is 2.33 bits per heavy atom. The van der Waals surface area contributed by atoms with Crippen LogP contribution in [0.3, 0.4) is 0 Å². The first kappa shape index (κ1) is 13.8. The number of urea groups is 1. The number of nitrogens with two attached hydrogens (primary N) is 1. The van der Waals surface area contributed by atoms with Crippen LogP contribution in [0.5, 0.6) is 5.75 Å². The van der Waals surface area contributed by atoms with Gasteiger partial charge in [0.2, 0.25) is 0 Å². The third-order valence-corrected chi connectivity index (χ3v) is 1.84. The van der Waals surface area contributed by atoms with Gasteiger partial charge >= 0.3 is 12.4 Å². The smallest absolute Gasteiger partial charge is 0.406 e. The van der Waals surface area contributed by atoms with Crippen LogP contribution in [0.25, 0.3) is 0 Å². The average molecular weight is 261 g/mol. The number of nitrogens with one attached hydrogen (secondary N) is 1. The normalized spacial score (nSPS) is 12.1. The van der Waals surface area contributed by atoms with Crippen molar-refractivity contribution in [2.24, 2.45) is 10.8 Å². The molecule has 0 saturated carbocycles. The minimum absolute atomic E-state index is 0.332. The predicted octanol–water partition coefficient (Wildman–Crippen LogP) is 1.98. The van der Waals surface area contributed by atoms with Crippen molar-refractivity contribution in [2.75, 3.05) is 0 Å². The number of hydrogen-bond donors (Lipinski definition) is 2. The highest BCUT2D eigenvalue weighted by Crippen LogP contribution is 2.22. The Balaban J connectivity index is 2.76. The van der Waals surface area contributed by atoms with Crippen LogP contribution in [0, 0.1) is 0 Å². The molecule has 0 saturated heterocycles. The molecule has 98 valence electrons. The second kappa shape index (κ2) is 5.39. The summed E-state index contributed by atoms with van der Waals surface area (Å²) in [5.74, 6) is -0.332. The van der Waals surface area contributed by atoms with Crippen molar-refractivity contribution in [2.45, 2.75) is 13.3 Å². The largest absolute Gasteiger partial charge is 0.573 e. The monoisotopic (exact) mass is 261 g/mol. The standard InChI is InChI=1S/C10H10F3N3O2/c1-6(15-16-9(14)17)7-2-4-8(5-3-7)18-10(11,12)13/h2-5H,1H3,(H3,14,16,17). The molecule has 0 aliphatic rings. The number of nitrogens with zero attached hydrogens (tertiary/aromatic N) is 1. The van der Waals surface area contributed by atoms with Crippen LogP contribution in [-0.4, -0.2) is 18.1 Å². The first-order valence-corrected chi connectivity index (χ1v) is 4.74. The molecule has 5 nitrogen and oxygen atoms in total. The molecule has 0 aliphatic heterocycles. The zero-order valence-corrected chi connectivity index (χ0v) is 9.28. The molecule has 0 bridgehead atoms. The molecule has 0 aromatic heterocycles. The van der Waals surface area contributed by atoms with Gasteiger partial charge < -0.3 is 10.5 Å². The lowest BCUT2D eigenvalue weighted by molar-refractivity contribution is -0.274. The third-order valence-electron chi connectivity index (χ3n) is 1.84. The predicted molar refractivity (Wildman–Crippen MR) is 58.1 cm³/mol. The molecule has 0 heterocycles. The summed E-state index contributed by atoms with van der Waals surface area (Å²) >= 11 is 0. The maximum absolute atomic E-state index is 11.9.